The van der Waals surface area contributed by atoms with E-state index >= 15 is 0 Å². The number of nitrogens with zero attached hydrogens (tertiary/aromatic N) is 5. The normalized spacial score (nSPS) is 19.2. The summed E-state index contributed by atoms with van der Waals surface area (Å²) in [6, 6.07) is 14.2. The summed E-state index contributed by atoms with van der Waals surface area (Å²) in [5.41, 5.74) is 11.0. The summed E-state index contributed by atoms with van der Waals surface area (Å²) in [5, 5.41) is 5.19. The highest BCUT2D eigenvalue weighted by molar-refractivity contribution is 7.92. The van der Waals surface area contributed by atoms with Gasteiger partial charge in [-0.1, -0.05) is 35.9 Å². The van der Waals surface area contributed by atoms with E-state index in [9.17, 15) is 13.2 Å². The largest absolute Gasteiger partial charge is 0.355 e. The maximum Gasteiger partial charge on any atom is 0.256 e. The number of nitrogens with one attached hydrogen (secondary N) is 1. The molecular formula is C28H30ClN7O3S. The second kappa shape index (κ2) is 10.1. The Hall–Kier alpha value is -3.67. The molecular weight excluding hydrogens is 550 g/mol. The molecule has 1 saturated heterocycles. The van der Waals surface area contributed by atoms with Crippen molar-refractivity contribution >= 4 is 44.7 Å². The van der Waals surface area contributed by atoms with E-state index in [1.807, 2.05) is 37.4 Å². The Bertz CT molecular complexity index is 1740. The van der Waals surface area contributed by atoms with Crippen molar-refractivity contribution < 1.29 is 13.2 Å². The van der Waals surface area contributed by atoms with Gasteiger partial charge in [-0.05, 0) is 49.1 Å². The molecule has 3 N–H and O–H groups in total. The quantitative estimate of drug-likeness (QED) is 0.370. The van der Waals surface area contributed by atoms with E-state index in [0.29, 0.717) is 29.3 Å². The Balaban J connectivity index is 1.42. The molecule has 0 aliphatic carbocycles. The van der Waals surface area contributed by atoms with Gasteiger partial charge in [-0.25, -0.2) is 17.9 Å². The monoisotopic (exact) mass is 579 g/mol. The number of aryl methyl sites for hydroxylation is 1. The first-order valence-electron chi connectivity index (χ1n) is 13.1. The summed E-state index contributed by atoms with van der Waals surface area (Å²) < 4.78 is 28.3. The Morgan fingerprint density at radius 1 is 1.15 bits per heavy atom. The average molecular weight is 580 g/mol. The molecule has 0 bridgehead atoms. The first-order chi connectivity index (χ1) is 19.1. The Morgan fingerprint density at radius 2 is 1.93 bits per heavy atom. The van der Waals surface area contributed by atoms with Gasteiger partial charge < -0.3 is 15.5 Å². The van der Waals surface area contributed by atoms with Crippen LogP contribution in [-0.4, -0.2) is 59.2 Å². The van der Waals surface area contributed by atoms with Crippen molar-refractivity contribution in [1.82, 2.24) is 19.5 Å². The molecule has 208 valence electrons. The van der Waals surface area contributed by atoms with Crippen LogP contribution in [-0.2, 0) is 23.0 Å². The molecule has 2 atom stereocenters. The second-order valence-corrected chi connectivity index (χ2v) is 12.8. The van der Waals surface area contributed by atoms with Crippen LogP contribution in [0.1, 0.15) is 45.2 Å². The third-order valence-electron chi connectivity index (χ3n) is 7.51. The van der Waals surface area contributed by atoms with Gasteiger partial charge in [0.15, 0.2) is 5.65 Å². The maximum absolute atomic E-state index is 14.1. The number of amides is 1. The number of carbonyl (C=O) groups excluding carboxylic acids is 1. The molecule has 4 aromatic rings. The number of benzene rings is 2. The summed E-state index contributed by atoms with van der Waals surface area (Å²) >= 11 is 6.27. The van der Waals surface area contributed by atoms with Crippen LogP contribution in [0, 0.1) is 6.92 Å². The number of nitrogens with two attached hydrogens (primary N) is 1. The van der Waals surface area contributed by atoms with Gasteiger partial charge in [0.1, 0.15) is 5.82 Å². The number of fused-ring (bicyclic) bond motifs is 2. The predicted molar refractivity (Wildman–Crippen MR) is 155 cm³/mol. The van der Waals surface area contributed by atoms with Crippen LogP contribution < -0.4 is 15.4 Å². The lowest BCUT2D eigenvalue weighted by Crippen LogP contribution is -2.39. The standard InChI is InChI=1S/C28H30ClN7O3S/c1-17-14-36-26(31-27(17)34-10-9-21(30)16-34)13-24(32-36)25-11-18-5-3-4-6-19(18)15-35(25)28(37)22-12-20(29)7-8-23(22)33-40(2,38)39/h3-8,12-14,21,25,33H,9-11,15-16,30H2,1-2H3/t21-,25-/m0/s1. The summed E-state index contributed by atoms with van der Waals surface area (Å²) in [5.74, 6) is 0.547. The van der Waals surface area contributed by atoms with Gasteiger partial charge in [-0.2, -0.15) is 5.10 Å². The number of anilines is 2. The minimum Gasteiger partial charge on any atom is -0.355 e. The third kappa shape index (κ3) is 5.12. The molecule has 0 saturated carbocycles. The van der Waals surface area contributed by atoms with Crippen molar-refractivity contribution in [3.05, 3.63) is 87.7 Å². The molecule has 1 fully saturated rings. The summed E-state index contributed by atoms with van der Waals surface area (Å²) in [6.07, 6.45) is 4.48. The van der Waals surface area contributed by atoms with E-state index in [4.69, 9.17) is 27.4 Å². The van der Waals surface area contributed by atoms with E-state index < -0.39 is 16.1 Å². The zero-order chi connectivity index (χ0) is 28.2. The molecule has 2 aromatic heterocycles. The van der Waals surface area contributed by atoms with Gasteiger partial charge in [0.2, 0.25) is 10.0 Å². The van der Waals surface area contributed by atoms with Crippen molar-refractivity contribution in [2.24, 2.45) is 5.73 Å². The lowest BCUT2D eigenvalue weighted by Gasteiger charge is -2.36. The van der Waals surface area contributed by atoms with Crippen molar-refractivity contribution in [2.45, 2.75) is 38.4 Å². The Morgan fingerprint density at radius 3 is 2.65 bits per heavy atom. The fourth-order valence-corrected chi connectivity index (χ4v) is 6.37. The minimum atomic E-state index is -3.63. The molecule has 12 heteroatoms. The molecule has 40 heavy (non-hydrogen) atoms. The number of halogens is 1. The summed E-state index contributed by atoms with van der Waals surface area (Å²) in [4.78, 5) is 23.0. The van der Waals surface area contributed by atoms with Crippen molar-refractivity contribution in [1.29, 1.82) is 0 Å². The van der Waals surface area contributed by atoms with Gasteiger partial charge in [0.25, 0.3) is 5.91 Å². The molecule has 4 heterocycles. The molecule has 2 aliphatic heterocycles. The lowest BCUT2D eigenvalue weighted by atomic mass is 9.91. The van der Waals surface area contributed by atoms with Crippen LogP contribution in [0.3, 0.4) is 0 Å². The van der Waals surface area contributed by atoms with Gasteiger partial charge >= 0.3 is 0 Å². The Kier molecular flexibility index (Phi) is 6.68. The first-order valence-corrected chi connectivity index (χ1v) is 15.4. The highest BCUT2D eigenvalue weighted by Gasteiger charge is 2.34. The van der Waals surface area contributed by atoms with Gasteiger partial charge in [-0.3, -0.25) is 9.52 Å². The van der Waals surface area contributed by atoms with E-state index in [0.717, 1.165) is 48.3 Å². The lowest BCUT2D eigenvalue weighted by molar-refractivity contribution is 0.0634. The number of aromatic nitrogens is 3. The topological polar surface area (TPSA) is 126 Å². The van der Waals surface area contributed by atoms with Crippen molar-refractivity contribution in [2.75, 3.05) is 29.0 Å². The van der Waals surface area contributed by atoms with E-state index in [2.05, 4.69) is 15.7 Å². The molecule has 0 unspecified atom stereocenters. The van der Waals surface area contributed by atoms with Crippen molar-refractivity contribution in [3.63, 3.8) is 0 Å². The SMILES string of the molecule is Cc1cn2nc([C@@H]3Cc4ccccc4CN3C(=O)c3cc(Cl)ccc3NS(C)(=O)=O)cc2nc1N1CC[C@H](N)C1. The Labute approximate surface area is 237 Å². The van der Waals surface area contributed by atoms with Crippen LogP contribution in [0.25, 0.3) is 5.65 Å². The van der Waals surface area contributed by atoms with Crippen LogP contribution >= 0.6 is 11.6 Å². The minimum absolute atomic E-state index is 0.133. The third-order valence-corrected chi connectivity index (χ3v) is 8.33. The van der Waals surface area contributed by atoms with Crippen molar-refractivity contribution in [3.8, 4) is 0 Å². The van der Waals surface area contributed by atoms with Gasteiger partial charge in [-0.15, -0.1) is 0 Å². The summed E-state index contributed by atoms with van der Waals surface area (Å²) in [6.45, 7) is 3.96. The zero-order valence-electron chi connectivity index (χ0n) is 22.2. The zero-order valence-corrected chi connectivity index (χ0v) is 23.8. The molecule has 0 radical (unpaired) electrons. The van der Waals surface area contributed by atoms with E-state index in [1.165, 1.54) is 12.1 Å². The van der Waals surface area contributed by atoms with E-state index in [1.54, 1.807) is 15.5 Å². The van der Waals surface area contributed by atoms with Gasteiger partial charge in [0.05, 0.1) is 29.2 Å². The second-order valence-electron chi connectivity index (χ2n) is 10.6. The average Bonchev–Trinajstić information content (AvgIpc) is 3.52. The highest BCUT2D eigenvalue weighted by atomic mass is 35.5. The highest BCUT2D eigenvalue weighted by Crippen LogP contribution is 2.36. The molecule has 0 spiro atoms. The van der Waals surface area contributed by atoms with E-state index in [-0.39, 0.29) is 23.2 Å². The first kappa shape index (κ1) is 26.5. The maximum atomic E-state index is 14.1. The number of hydrogen-bond donors (Lipinski definition) is 2. The number of carbonyl (C=O) groups is 1. The molecule has 10 nitrogen and oxygen atoms in total. The number of rotatable bonds is 5. The number of sulfonamides is 1. The molecule has 2 aromatic carbocycles. The fraction of sp³-hybridized carbons (Fsp3) is 0.321. The fourth-order valence-electron chi connectivity index (χ4n) is 5.62. The molecule has 2 aliphatic rings. The molecule has 6 rings (SSSR count). The molecule has 1 amide bonds. The number of hydrogen-bond acceptors (Lipinski definition) is 7. The predicted octanol–water partition coefficient (Wildman–Crippen LogP) is 3.54. The van der Waals surface area contributed by atoms with Crippen LogP contribution in [0.15, 0.2) is 54.7 Å². The van der Waals surface area contributed by atoms with Crippen LogP contribution in [0.2, 0.25) is 5.02 Å². The smallest absolute Gasteiger partial charge is 0.256 e. The van der Waals surface area contributed by atoms with Crippen LogP contribution in [0.4, 0.5) is 11.5 Å². The van der Waals surface area contributed by atoms with Crippen LogP contribution in [0.5, 0.6) is 0 Å². The van der Waals surface area contributed by atoms with Gasteiger partial charge in [0, 0.05) is 48.5 Å². The summed E-state index contributed by atoms with van der Waals surface area (Å²) in [7, 11) is -3.63.